The van der Waals surface area contributed by atoms with Crippen LogP contribution in [0.15, 0.2) is 30.3 Å². The molecule has 1 aromatic carbocycles. The summed E-state index contributed by atoms with van der Waals surface area (Å²) < 4.78 is 0. The van der Waals surface area contributed by atoms with Crippen LogP contribution >= 0.6 is 0 Å². The van der Waals surface area contributed by atoms with E-state index >= 15 is 0 Å². The number of hydrogen-bond donors (Lipinski definition) is 2. The lowest BCUT2D eigenvalue weighted by Crippen LogP contribution is -2.48. The topological polar surface area (TPSA) is 43.7 Å². The summed E-state index contributed by atoms with van der Waals surface area (Å²) in [6.07, 6.45) is -1.40. The lowest BCUT2D eigenvalue weighted by Gasteiger charge is -2.38. The average molecular weight is 195 g/mol. The number of aliphatic hydroxyl groups is 2. The van der Waals surface area contributed by atoms with E-state index in [0.29, 0.717) is 0 Å². The van der Waals surface area contributed by atoms with Crippen LogP contribution < -0.4 is 0 Å². The average Bonchev–Trinajstić information content (AvgIpc) is 2.17. The van der Waals surface area contributed by atoms with Crippen LogP contribution in [0.1, 0.15) is 12.5 Å². The lowest BCUT2D eigenvalue weighted by atomic mass is 9.90. The smallest absolute Gasteiger partial charge is 0.174 e. The molecule has 0 spiro atoms. The van der Waals surface area contributed by atoms with Gasteiger partial charge in [-0.1, -0.05) is 30.3 Å². The minimum absolute atomic E-state index is 0.763. The molecular formula is C11H17NO2. The Hall–Kier alpha value is -0.900. The Kier molecular flexibility index (Phi) is 3.26. The molecule has 3 heteroatoms. The fourth-order valence-electron chi connectivity index (χ4n) is 1.41. The van der Waals surface area contributed by atoms with Crippen molar-refractivity contribution in [3.8, 4) is 0 Å². The third kappa shape index (κ3) is 1.80. The highest BCUT2D eigenvalue weighted by molar-refractivity contribution is 5.24. The van der Waals surface area contributed by atoms with Crippen LogP contribution in [0.3, 0.4) is 0 Å². The SMILES string of the molecule is CN(C)C(C)(c1ccccc1)C(O)O. The minimum atomic E-state index is -1.40. The van der Waals surface area contributed by atoms with E-state index in [1.165, 1.54) is 0 Å². The second-order valence-electron chi connectivity index (χ2n) is 3.78. The molecule has 78 valence electrons. The standard InChI is InChI=1S/C11H17NO2/c1-11(10(13)14,12(2)3)9-7-5-4-6-8-9/h4-8,10,13-14H,1-3H3. The summed E-state index contributed by atoms with van der Waals surface area (Å²) in [5.41, 5.74) is 0.126. The number of benzene rings is 1. The van der Waals surface area contributed by atoms with E-state index in [9.17, 15) is 10.2 Å². The third-order valence-corrected chi connectivity index (χ3v) is 2.79. The Morgan fingerprint density at radius 3 is 2.00 bits per heavy atom. The van der Waals surface area contributed by atoms with Crippen molar-refractivity contribution in [3.05, 3.63) is 35.9 Å². The minimum Gasteiger partial charge on any atom is -0.366 e. The Labute approximate surface area is 84.6 Å². The molecule has 0 aliphatic carbocycles. The molecule has 0 aliphatic rings. The predicted molar refractivity (Wildman–Crippen MR) is 55.7 cm³/mol. The van der Waals surface area contributed by atoms with Crippen molar-refractivity contribution in [2.75, 3.05) is 14.1 Å². The maximum atomic E-state index is 9.41. The first kappa shape index (κ1) is 11.2. The quantitative estimate of drug-likeness (QED) is 0.700. The highest BCUT2D eigenvalue weighted by Crippen LogP contribution is 2.28. The highest BCUT2D eigenvalue weighted by atomic mass is 16.5. The van der Waals surface area contributed by atoms with Crippen LogP contribution in [0.4, 0.5) is 0 Å². The molecule has 1 atom stereocenters. The normalized spacial score (nSPS) is 15.9. The van der Waals surface area contributed by atoms with Crippen molar-refractivity contribution < 1.29 is 10.2 Å². The highest BCUT2D eigenvalue weighted by Gasteiger charge is 2.35. The second kappa shape index (κ2) is 4.09. The maximum Gasteiger partial charge on any atom is 0.174 e. The van der Waals surface area contributed by atoms with Crippen molar-refractivity contribution >= 4 is 0 Å². The van der Waals surface area contributed by atoms with Gasteiger partial charge in [0.15, 0.2) is 6.29 Å². The molecule has 0 bridgehead atoms. The van der Waals surface area contributed by atoms with E-state index in [2.05, 4.69) is 0 Å². The molecule has 0 saturated heterocycles. The molecule has 0 fully saturated rings. The van der Waals surface area contributed by atoms with Gasteiger partial charge in [-0.05, 0) is 26.6 Å². The van der Waals surface area contributed by atoms with Gasteiger partial charge >= 0.3 is 0 Å². The summed E-state index contributed by atoms with van der Waals surface area (Å²) >= 11 is 0. The van der Waals surface area contributed by atoms with E-state index in [-0.39, 0.29) is 0 Å². The molecule has 3 nitrogen and oxygen atoms in total. The molecule has 14 heavy (non-hydrogen) atoms. The third-order valence-electron chi connectivity index (χ3n) is 2.79. The van der Waals surface area contributed by atoms with Gasteiger partial charge in [-0.15, -0.1) is 0 Å². The van der Waals surface area contributed by atoms with Gasteiger partial charge < -0.3 is 10.2 Å². The summed E-state index contributed by atoms with van der Waals surface area (Å²) in [6, 6.07) is 9.46. The number of aliphatic hydroxyl groups excluding tert-OH is 1. The van der Waals surface area contributed by atoms with Gasteiger partial charge in [0.05, 0.1) is 5.54 Å². The Morgan fingerprint density at radius 1 is 1.14 bits per heavy atom. The first-order chi connectivity index (χ1) is 6.49. The summed E-state index contributed by atoms with van der Waals surface area (Å²) in [4.78, 5) is 1.80. The summed E-state index contributed by atoms with van der Waals surface area (Å²) in [5, 5.41) is 18.8. The van der Waals surface area contributed by atoms with Crippen molar-refractivity contribution in [2.45, 2.75) is 18.8 Å². The first-order valence-electron chi connectivity index (χ1n) is 4.58. The van der Waals surface area contributed by atoms with E-state index in [0.717, 1.165) is 5.56 Å². The Balaban J connectivity index is 3.13. The zero-order valence-corrected chi connectivity index (χ0v) is 8.81. The van der Waals surface area contributed by atoms with Crippen LogP contribution in [-0.4, -0.2) is 35.5 Å². The molecule has 1 aromatic rings. The molecule has 2 N–H and O–H groups in total. The predicted octanol–water partition coefficient (Wildman–Crippen LogP) is 0.774. The van der Waals surface area contributed by atoms with Crippen molar-refractivity contribution in [1.82, 2.24) is 4.90 Å². The number of likely N-dealkylation sites (N-methyl/N-ethyl adjacent to an activating group) is 1. The van der Waals surface area contributed by atoms with Gasteiger partial charge in [0.25, 0.3) is 0 Å². The van der Waals surface area contributed by atoms with Gasteiger partial charge in [0.1, 0.15) is 0 Å². The van der Waals surface area contributed by atoms with Crippen LogP contribution in [-0.2, 0) is 5.54 Å². The molecule has 0 radical (unpaired) electrons. The van der Waals surface area contributed by atoms with Crippen LogP contribution in [0.2, 0.25) is 0 Å². The Bertz CT molecular complexity index is 275. The van der Waals surface area contributed by atoms with E-state index < -0.39 is 11.8 Å². The summed E-state index contributed by atoms with van der Waals surface area (Å²) in [6.45, 7) is 1.80. The molecule has 0 amide bonds. The van der Waals surface area contributed by atoms with Crippen LogP contribution in [0.25, 0.3) is 0 Å². The second-order valence-corrected chi connectivity index (χ2v) is 3.78. The molecule has 0 heterocycles. The van der Waals surface area contributed by atoms with Gasteiger partial charge in [-0.3, -0.25) is 4.90 Å². The van der Waals surface area contributed by atoms with Crippen LogP contribution in [0.5, 0.6) is 0 Å². The largest absolute Gasteiger partial charge is 0.366 e. The number of nitrogens with zero attached hydrogens (tertiary/aromatic N) is 1. The zero-order valence-electron chi connectivity index (χ0n) is 8.81. The summed E-state index contributed by atoms with van der Waals surface area (Å²) in [5.74, 6) is 0. The van der Waals surface area contributed by atoms with Crippen molar-refractivity contribution in [3.63, 3.8) is 0 Å². The monoisotopic (exact) mass is 195 g/mol. The van der Waals surface area contributed by atoms with Gasteiger partial charge in [-0.25, -0.2) is 0 Å². The molecule has 1 unspecified atom stereocenters. The molecular weight excluding hydrogens is 178 g/mol. The number of rotatable bonds is 3. The zero-order chi connectivity index (χ0) is 10.8. The van der Waals surface area contributed by atoms with Gasteiger partial charge in [0.2, 0.25) is 0 Å². The van der Waals surface area contributed by atoms with E-state index in [1.807, 2.05) is 44.4 Å². The summed E-state index contributed by atoms with van der Waals surface area (Å²) in [7, 11) is 3.65. The Morgan fingerprint density at radius 2 is 1.64 bits per heavy atom. The first-order valence-corrected chi connectivity index (χ1v) is 4.58. The fraction of sp³-hybridized carbons (Fsp3) is 0.455. The maximum absolute atomic E-state index is 9.41. The number of hydrogen-bond acceptors (Lipinski definition) is 3. The molecule has 0 aromatic heterocycles. The van der Waals surface area contributed by atoms with E-state index in [1.54, 1.807) is 11.8 Å². The molecule has 1 rings (SSSR count). The van der Waals surface area contributed by atoms with Gasteiger partial charge in [-0.2, -0.15) is 0 Å². The van der Waals surface area contributed by atoms with Gasteiger partial charge in [0, 0.05) is 0 Å². The fourth-order valence-corrected chi connectivity index (χ4v) is 1.41. The van der Waals surface area contributed by atoms with E-state index in [4.69, 9.17) is 0 Å². The molecule has 0 saturated carbocycles. The van der Waals surface area contributed by atoms with Crippen LogP contribution in [0, 0.1) is 0 Å². The molecule has 0 aliphatic heterocycles. The van der Waals surface area contributed by atoms with Crippen molar-refractivity contribution in [1.29, 1.82) is 0 Å². The lowest BCUT2D eigenvalue weighted by molar-refractivity contribution is -0.139. The van der Waals surface area contributed by atoms with Crippen molar-refractivity contribution in [2.24, 2.45) is 0 Å².